The second-order valence-electron chi connectivity index (χ2n) is 4.41. The fourth-order valence-corrected chi connectivity index (χ4v) is 1.62. The van der Waals surface area contributed by atoms with Crippen molar-refractivity contribution in [3.8, 4) is 5.75 Å². The summed E-state index contributed by atoms with van der Waals surface area (Å²) in [5, 5.41) is 11.8. The van der Waals surface area contributed by atoms with E-state index in [0.29, 0.717) is 5.56 Å². The third-order valence-corrected chi connectivity index (χ3v) is 2.45. The number of hydrogen-bond donors (Lipinski definition) is 2. The van der Waals surface area contributed by atoms with E-state index in [1.165, 1.54) is 17.0 Å². The number of rotatable bonds is 6. The van der Waals surface area contributed by atoms with Crippen LogP contribution in [0.5, 0.6) is 5.75 Å². The third kappa shape index (κ3) is 5.83. The van der Waals surface area contributed by atoms with Crippen LogP contribution in [0, 0.1) is 0 Å². The molecule has 1 atom stereocenters. The Bertz CT molecular complexity index is 441. The molecule has 1 rings (SSSR count). The number of alkyl halides is 2. The predicted molar refractivity (Wildman–Crippen MR) is 69.6 cm³/mol. The van der Waals surface area contributed by atoms with E-state index in [0.717, 1.165) is 0 Å². The largest absolute Gasteiger partial charge is 0.435 e. The molecule has 0 aliphatic rings. The van der Waals surface area contributed by atoms with Crippen molar-refractivity contribution in [3.05, 3.63) is 29.8 Å². The number of ether oxygens (including phenoxy) is 1. The van der Waals surface area contributed by atoms with Gasteiger partial charge in [0.15, 0.2) is 0 Å². The number of halogens is 2. The number of benzene rings is 1. The highest BCUT2D eigenvalue weighted by Gasteiger charge is 2.10. The number of amides is 2. The highest BCUT2D eigenvalue weighted by atomic mass is 19.3. The quantitative estimate of drug-likeness (QED) is 0.839. The molecule has 0 saturated heterocycles. The lowest BCUT2D eigenvalue weighted by Gasteiger charge is -2.19. The van der Waals surface area contributed by atoms with Gasteiger partial charge in [-0.15, -0.1) is 0 Å². The molecule has 1 unspecified atom stereocenters. The van der Waals surface area contributed by atoms with Crippen LogP contribution < -0.4 is 10.1 Å². The summed E-state index contributed by atoms with van der Waals surface area (Å²) in [6.45, 7) is -0.907. The summed E-state index contributed by atoms with van der Waals surface area (Å²) in [7, 11) is 1.55. The van der Waals surface area contributed by atoms with Crippen molar-refractivity contribution in [2.45, 2.75) is 26.2 Å². The first-order valence-corrected chi connectivity index (χ1v) is 6.09. The standard InChI is InChI=1S/C13H18F2N2O3/c1-9(18)8-17(2)13(19)16-7-10-4-3-5-11(6-10)20-12(14)15/h3-6,9,12,18H,7-8H2,1-2H3,(H,16,19). The minimum atomic E-state index is -2.88. The SMILES string of the molecule is CC(O)CN(C)C(=O)NCc1cccc(OC(F)F)c1. The number of nitrogens with zero attached hydrogens (tertiary/aromatic N) is 1. The normalized spacial score (nSPS) is 12.1. The van der Waals surface area contributed by atoms with Crippen molar-refractivity contribution in [2.24, 2.45) is 0 Å². The Labute approximate surface area is 116 Å². The molecule has 112 valence electrons. The summed E-state index contributed by atoms with van der Waals surface area (Å²) in [4.78, 5) is 13.0. The number of carbonyl (C=O) groups is 1. The van der Waals surface area contributed by atoms with Crippen LogP contribution in [0.2, 0.25) is 0 Å². The van der Waals surface area contributed by atoms with Crippen LogP contribution in [-0.4, -0.2) is 42.3 Å². The second kappa shape index (κ2) is 7.64. The van der Waals surface area contributed by atoms with Gasteiger partial charge in [0.25, 0.3) is 0 Å². The maximum absolute atomic E-state index is 12.1. The first kappa shape index (κ1) is 16.2. The van der Waals surface area contributed by atoms with E-state index in [2.05, 4.69) is 10.1 Å². The molecule has 0 aliphatic heterocycles. The van der Waals surface area contributed by atoms with Crippen LogP contribution in [0.25, 0.3) is 0 Å². The van der Waals surface area contributed by atoms with E-state index < -0.39 is 12.7 Å². The monoisotopic (exact) mass is 288 g/mol. The highest BCUT2D eigenvalue weighted by Crippen LogP contribution is 2.15. The molecule has 7 heteroatoms. The van der Waals surface area contributed by atoms with Crippen LogP contribution in [0.3, 0.4) is 0 Å². The zero-order chi connectivity index (χ0) is 15.1. The maximum atomic E-state index is 12.1. The van der Waals surface area contributed by atoms with Crippen LogP contribution in [0.4, 0.5) is 13.6 Å². The first-order chi connectivity index (χ1) is 9.38. The molecule has 0 spiro atoms. The van der Waals surface area contributed by atoms with Gasteiger partial charge in [-0.05, 0) is 24.6 Å². The number of likely N-dealkylation sites (N-methyl/N-ethyl adjacent to an activating group) is 1. The molecule has 2 N–H and O–H groups in total. The lowest BCUT2D eigenvalue weighted by Crippen LogP contribution is -2.40. The molecule has 20 heavy (non-hydrogen) atoms. The number of carbonyl (C=O) groups excluding carboxylic acids is 1. The Kier molecular flexibility index (Phi) is 6.17. The van der Waals surface area contributed by atoms with Crippen LogP contribution in [0.1, 0.15) is 12.5 Å². The van der Waals surface area contributed by atoms with Gasteiger partial charge in [-0.1, -0.05) is 12.1 Å². The van der Waals surface area contributed by atoms with E-state index in [1.807, 2.05) is 0 Å². The van der Waals surface area contributed by atoms with Gasteiger partial charge >= 0.3 is 12.6 Å². The van der Waals surface area contributed by atoms with Crippen LogP contribution >= 0.6 is 0 Å². The Morgan fingerprint density at radius 3 is 2.80 bits per heavy atom. The molecule has 0 saturated carbocycles. The van der Waals surface area contributed by atoms with E-state index in [1.54, 1.807) is 26.1 Å². The molecule has 0 aliphatic carbocycles. The maximum Gasteiger partial charge on any atom is 0.387 e. The summed E-state index contributed by atoms with van der Waals surface area (Å²) in [6, 6.07) is 5.75. The Hall–Kier alpha value is -1.89. The Morgan fingerprint density at radius 2 is 2.20 bits per heavy atom. The van der Waals surface area contributed by atoms with Crippen molar-refractivity contribution in [2.75, 3.05) is 13.6 Å². The van der Waals surface area contributed by atoms with Gasteiger partial charge < -0.3 is 20.1 Å². The first-order valence-electron chi connectivity index (χ1n) is 6.09. The average molecular weight is 288 g/mol. The van der Waals surface area contributed by atoms with E-state index >= 15 is 0 Å². The molecule has 0 heterocycles. The summed E-state index contributed by atoms with van der Waals surface area (Å²) in [6.07, 6.45) is -0.617. The number of hydrogen-bond acceptors (Lipinski definition) is 3. The van der Waals surface area contributed by atoms with Gasteiger partial charge in [0.1, 0.15) is 5.75 Å². The molecular weight excluding hydrogens is 270 g/mol. The van der Waals surface area contributed by atoms with Crippen molar-refractivity contribution >= 4 is 6.03 Å². The van der Waals surface area contributed by atoms with Gasteiger partial charge in [0, 0.05) is 20.1 Å². The van der Waals surface area contributed by atoms with Gasteiger partial charge in [-0.3, -0.25) is 0 Å². The Morgan fingerprint density at radius 1 is 1.50 bits per heavy atom. The average Bonchev–Trinajstić information content (AvgIpc) is 2.34. The number of aliphatic hydroxyl groups is 1. The molecule has 0 radical (unpaired) electrons. The van der Waals surface area contributed by atoms with Gasteiger partial charge in [0.2, 0.25) is 0 Å². The van der Waals surface area contributed by atoms with Crippen molar-refractivity contribution in [3.63, 3.8) is 0 Å². The van der Waals surface area contributed by atoms with Crippen molar-refractivity contribution in [1.82, 2.24) is 10.2 Å². The van der Waals surface area contributed by atoms with Crippen LogP contribution in [0.15, 0.2) is 24.3 Å². The summed E-state index contributed by atoms with van der Waals surface area (Å²) < 4.78 is 28.4. The minimum absolute atomic E-state index is 0.0454. The summed E-state index contributed by atoms with van der Waals surface area (Å²) in [5.74, 6) is 0.0454. The molecular formula is C13H18F2N2O3. The summed E-state index contributed by atoms with van der Waals surface area (Å²) in [5.41, 5.74) is 0.641. The molecule has 0 fully saturated rings. The molecule has 2 amide bonds. The van der Waals surface area contributed by atoms with Crippen molar-refractivity contribution < 1.29 is 23.4 Å². The third-order valence-electron chi connectivity index (χ3n) is 2.45. The number of urea groups is 1. The molecule has 0 aromatic heterocycles. The smallest absolute Gasteiger partial charge is 0.387 e. The van der Waals surface area contributed by atoms with Gasteiger partial charge in [0.05, 0.1) is 6.10 Å². The van der Waals surface area contributed by atoms with Gasteiger partial charge in [-0.25, -0.2) is 4.79 Å². The Balaban J connectivity index is 2.50. The fraction of sp³-hybridized carbons (Fsp3) is 0.462. The molecule has 1 aromatic carbocycles. The zero-order valence-corrected chi connectivity index (χ0v) is 11.3. The van der Waals surface area contributed by atoms with Crippen molar-refractivity contribution in [1.29, 1.82) is 0 Å². The highest BCUT2D eigenvalue weighted by molar-refractivity contribution is 5.73. The number of aliphatic hydroxyl groups excluding tert-OH is 1. The zero-order valence-electron chi connectivity index (χ0n) is 11.3. The van der Waals surface area contributed by atoms with Crippen LogP contribution in [-0.2, 0) is 6.54 Å². The lowest BCUT2D eigenvalue weighted by molar-refractivity contribution is -0.0498. The topological polar surface area (TPSA) is 61.8 Å². The molecule has 5 nitrogen and oxygen atoms in total. The van der Waals surface area contributed by atoms with Gasteiger partial charge in [-0.2, -0.15) is 8.78 Å². The van der Waals surface area contributed by atoms with E-state index in [-0.39, 0.29) is 24.9 Å². The molecule has 1 aromatic rings. The van der Waals surface area contributed by atoms with E-state index in [4.69, 9.17) is 5.11 Å². The lowest BCUT2D eigenvalue weighted by atomic mass is 10.2. The van der Waals surface area contributed by atoms with E-state index in [9.17, 15) is 13.6 Å². The minimum Gasteiger partial charge on any atom is -0.435 e. The molecule has 0 bridgehead atoms. The number of nitrogens with one attached hydrogen (secondary N) is 1. The fourth-order valence-electron chi connectivity index (χ4n) is 1.62. The second-order valence-corrected chi connectivity index (χ2v) is 4.41. The summed E-state index contributed by atoms with van der Waals surface area (Å²) >= 11 is 0. The predicted octanol–water partition coefficient (Wildman–Crippen LogP) is 1.81.